The summed E-state index contributed by atoms with van der Waals surface area (Å²) in [4.78, 5) is 14.2. The number of para-hydroxylation sites is 2. The van der Waals surface area contributed by atoms with Crippen LogP contribution in [0.15, 0.2) is 67.0 Å². The molecule has 0 saturated heterocycles. The lowest BCUT2D eigenvalue weighted by Crippen LogP contribution is -2.31. The number of amides is 1. The fourth-order valence-electron chi connectivity index (χ4n) is 3.01. The lowest BCUT2D eigenvalue weighted by molar-refractivity contribution is -0.132. The molecule has 0 fully saturated rings. The summed E-state index contributed by atoms with van der Waals surface area (Å²) in [6.07, 6.45) is 4.76. The Labute approximate surface area is 166 Å². The minimum absolute atomic E-state index is 0.0246. The van der Waals surface area contributed by atoms with E-state index in [9.17, 15) is 4.79 Å². The highest BCUT2D eigenvalue weighted by atomic mass is 16.5. The average Bonchev–Trinajstić information content (AvgIpc) is 3.20. The summed E-state index contributed by atoms with van der Waals surface area (Å²) < 4.78 is 7.66. The molecular formula is C23H27N3O2. The van der Waals surface area contributed by atoms with Gasteiger partial charge in [-0.2, -0.15) is 5.10 Å². The van der Waals surface area contributed by atoms with Crippen LogP contribution in [0.4, 0.5) is 0 Å². The maximum absolute atomic E-state index is 12.5. The van der Waals surface area contributed by atoms with Crippen LogP contribution in [0, 0.1) is 0 Å². The van der Waals surface area contributed by atoms with Gasteiger partial charge in [-0.15, -0.1) is 0 Å². The van der Waals surface area contributed by atoms with Crippen LogP contribution in [0.1, 0.15) is 37.3 Å². The first kappa shape index (κ1) is 19.7. The van der Waals surface area contributed by atoms with Crippen LogP contribution in [-0.2, 0) is 11.3 Å². The number of rotatable bonds is 8. The van der Waals surface area contributed by atoms with E-state index in [0.717, 1.165) is 29.0 Å². The average molecular weight is 377 g/mol. The Kier molecular flexibility index (Phi) is 6.48. The van der Waals surface area contributed by atoms with Crippen molar-refractivity contribution in [3.05, 3.63) is 78.1 Å². The minimum atomic E-state index is -0.0635. The van der Waals surface area contributed by atoms with E-state index in [2.05, 4.69) is 25.0 Å². The number of benzene rings is 2. The first-order chi connectivity index (χ1) is 13.6. The molecule has 5 heteroatoms. The third kappa shape index (κ3) is 4.80. The van der Waals surface area contributed by atoms with Crippen molar-refractivity contribution in [2.24, 2.45) is 0 Å². The molecule has 0 radical (unpaired) electrons. The smallest absolute Gasteiger partial charge is 0.260 e. The van der Waals surface area contributed by atoms with Gasteiger partial charge in [0.25, 0.3) is 5.91 Å². The van der Waals surface area contributed by atoms with E-state index in [0.29, 0.717) is 12.5 Å². The number of hydrogen-bond acceptors (Lipinski definition) is 3. The van der Waals surface area contributed by atoms with Crippen LogP contribution < -0.4 is 4.74 Å². The number of aromatic nitrogens is 2. The van der Waals surface area contributed by atoms with Gasteiger partial charge in [-0.05, 0) is 36.1 Å². The van der Waals surface area contributed by atoms with Gasteiger partial charge in [-0.1, -0.05) is 50.2 Å². The minimum Gasteiger partial charge on any atom is -0.483 e. The fraction of sp³-hybridized carbons (Fsp3) is 0.304. The Morgan fingerprint density at radius 2 is 1.86 bits per heavy atom. The third-order valence-electron chi connectivity index (χ3n) is 4.92. The Bertz CT molecular complexity index is 905. The molecule has 28 heavy (non-hydrogen) atoms. The van der Waals surface area contributed by atoms with Crippen molar-refractivity contribution in [3.8, 4) is 11.4 Å². The van der Waals surface area contributed by atoms with Gasteiger partial charge < -0.3 is 9.64 Å². The van der Waals surface area contributed by atoms with Gasteiger partial charge in [0, 0.05) is 25.4 Å². The molecule has 5 nitrogen and oxygen atoms in total. The van der Waals surface area contributed by atoms with E-state index < -0.39 is 0 Å². The third-order valence-corrected chi connectivity index (χ3v) is 4.92. The van der Waals surface area contributed by atoms with Gasteiger partial charge in [-0.25, -0.2) is 4.68 Å². The molecule has 1 atom stereocenters. The number of ether oxygens (including phenoxy) is 1. The molecule has 3 aromatic rings. The summed E-state index contributed by atoms with van der Waals surface area (Å²) in [7, 11) is 1.78. The fourth-order valence-corrected chi connectivity index (χ4v) is 3.01. The molecule has 0 aliphatic rings. The van der Waals surface area contributed by atoms with Crippen molar-refractivity contribution in [2.75, 3.05) is 13.7 Å². The number of nitrogens with zero attached hydrogens (tertiary/aromatic N) is 3. The molecule has 1 heterocycles. The topological polar surface area (TPSA) is 47.4 Å². The van der Waals surface area contributed by atoms with Crippen LogP contribution in [-0.4, -0.2) is 34.2 Å². The van der Waals surface area contributed by atoms with E-state index in [1.165, 1.54) is 0 Å². The number of carbonyl (C=O) groups excluding carboxylic acids is 1. The number of likely N-dealkylation sites (N-methyl/N-ethyl adjacent to an activating group) is 1. The molecule has 0 spiro atoms. The summed E-state index contributed by atoms with van der Waals surface area (Å²) in [6.45, 7) is 4.83. The van der Waals surface area contributed by atoms with Crippen LogP contribution in [0.3, 0.4) is 0 Å². The molecule has 1 amide bonds. The molecule has 0 N–H and O–H groups in total. The van der Waals surface area contributed by atoms with Gasteiger partial charge in [0.2, 0.25) is 0 Å². The molecule has 1 aromatic heterocycles. The Morgan fingerprint density at radius 1 is 1.14 bits per heavy atom. The van der Waals surface area contributed by atoms with Gasteiger partial charge >= 0.3 is 0 Å². The van der Waals surface area contributed by atoms with Crippen molar-refractivity contribution < 1.29 is 9.53 Å². The van der Waals surface area contributed by atoms with Gasteiger partial charge in [0.15, 0.2) is 6.61 Å². The van der Waals surface area contributed by atoms with E-state index in [-0.39, 0.29) is 12.5 Å². The van der Waals surface area contributed by atoms with Crippen LogP contribution in [0.5, 0.6) is 5.75 Å². The molecular weight excluding hydrogens is 350 g/mol. The zero-order valence-corrected chi connectivity index (χ0v) is 16.7. The summed E-state index contributed by atoms with van der Waals surface area (Å²) in [5, 5.41) is 4.38. The lowest BCUT2D eigenvalue weighted by Gasteiger charge is -2.19. The highest BCUT2D eigenvalue weighted by Gasteiger charge is 2.14. The van der Waals surface area contributed by atoms with Crippen molar-refractivity contribution in [3.63, 3.8) is 0 Å². The van der Waals surface area contributed by atoms with Crippen LogP contribution in [0.2, 0.25) is 0 Å². The van der Waals surface area contributed by atoms with Crippen LogP contribution >= 0.6 is 0 Å². The Hall–Kier alpha value is -3.08. The summed E-state index contributed by atoms with van der Waals surface area (Å²) in [6, 6.07) is 17.8. The largest absolute Gasteiger partial charge is 0.483 e. The van der Waals surface area contributed by atoms with Crippen molar-refractivity contribution in [1.29, 1.82) is 0 Å². The van der Waals surface area contributed by atoms with Crippen LogP contribution in [0.25, 0.3) is 5.69 Å². The highest BCUT2D eigenvalue weighted by molar-refractivity contribution is 5.77. The predicted octanol–water partition coefficient (Wildman–Crippen LogP) is 4.42. The molecule has 3 rings (SSSR count). The number of hydrogen-bond donors (Lipinski definition) is 0. The standard InChI is InChI=1S/C23H27N3O2/c1-4-18(2)21-12-8-9-13-22(21)28-17-23(27)25(3)15-19-14-24-26(16-19)20-10-6-5-7-11-20/h5-14,16,18H,4,15,17H2,1-3H3/t18-/m1/s1. The second-order valence-electron chi connectivity index (χ2n) is 7.01. The summed E-state index contributed by atoms with van der Waals surface area (Å²) in [5.41, 5.74) is 3.11. The van der Waals surface area contributed by atoms with E-state index >= 15 is 0 Å². The number of carbonyl (C=O) groups is 1. The van der Waals surface area contributed by atoms with Crippen molar-refractivity contribution >= 4 is 5.91 Å². The molecule has 0 unspecified atom stereocenters. The zero-order chi connectivity index (χ0) is 19.9. The van der Waals surface area contributed by atoms with Gasteiger partial charge in [0.1, 0.15) is 5.75 Å². The summed E-state index contributed by atoms with van der Waals surface area (Å²) >= 11 is 0. The van der Waals surface area contributed by atoms with E-state index in [4.69, 9.17) is 4.74 Å². The Morgan fingerprint density at radius 3 is 2.61 bits per heavy atom. The Balaban J connectivity index is 1.58. The maximum atomic E-state index is 12.5. The highest BCUT2D eigenvalue weighted by Crippen LogP contribution is 2.28. The molecule has 0 aliphatic carbocycles. The second kappa shape index (κ2) is 9.22. The lowest BCUT2D eigenvalue weighted by atomic mass is 9.98. The molecule has 0 saturated carbocycles. The van der Waals surface area contributed by atoms with Crippen molar-refractivity contribution in [2.45, 2.75) is 32.7 Å². The molecule has 2 aromatic carbocycles. The predicted molar refractivity (Wildman–Crippen MR) is 111 cm³/mol. The van der Waals surface area contributed by atoms with E-state index in [1.807, 2.05) is 59.4 Å². The molecule has 146 valence electrons. The monoisotopic (exact) mass is 377 g/mol. The maximum Gasteiger partial charge on any atom is 0.260 e. The first-order valence-electron chi connectivity index (χ1n) is 9.63. The first-order valence-corrected chi connectivity index (χ1v) is 9.63. The second-order valence-corrected chi connectivity index (χ2v) is 7.01. The SMILES string of the molecule is CC[C@@H](C)c1ccccc1OCC(=O)N(C)Cc1cnn(-c2ccccc2)c1. The van der Waals surface area contributed by atoms with Crippen molar-refractivity contribution in [1.82, 2.24) is 14.7 Å². The molecule has 0 bridgehead atoms. The van der Waals surface area contributed by atoms with Gasteiger partial charge in [-0.3, -0.25) is 4.79 Å². The zero-order valence-electron chi connectivity index (χ0n) is 16.7. The quantitative estimate of drug-likeness (QED) is 0.584. The normalized spacial score (nSPS) is 11.8. The van der Waals surface area contributed by atoms with E-state index in [1.54, 1.807) is 18.1 Å². The summed E-state index contributed by atoms with van der Waals surface area (Å²) in [5.74, 6) is 1.12. The van der Waals surface area contributed by atoms with Gasteiger partial charge in [0.05, 0.1) is 11.9 Å². The molecule has 0 aliphatic heterocycles.